The monoisotopic (exact) mass is 291 g/mol. The molecule has 0 spiro atoms. The van der Waals surface area contributed by atoms with Crippen LogP contribution in [0.3, 0.4) is 0 Å². The SMILES string of the molecule is CCOC=C1C(=O)N(C(C)=O)c2cc(OC)c(OC)cc21. The molecule has 1 aliphatic heterocycles. The lowest BCUT2D eigenvalue weighted by Gasteiger charge is -2.14. The van der Waals surface area contributed by atoms with Crippen molar-refractivity contribution in [3.63, 3.8) is 0 Å². The van der Waals surface area contributed by atoms with Crippen LogP contribution in [0.4, 0.5) is 5.69 Å². The Labute approximate surface area is 122 Å². The fraction of sp³-hybridized carbons (Fsp3) is 0.333. The van der Waals surface area contributed by atoms with Crippen LogP contribution >= 0.6 is 0 Å². The number of fused-ring (bicyclic) bond motifs is 1. The number of ether oxygens (including phenoxy) is 3. The number of anilines is 1. The Hall–Kier alpha value is -2.50. The molecule has 2 amide bonds. The Balaban J connectivity index is 2.65. The molecule has 6 nitrogen and oxygen atoms in total. The van der Waals surface area contributed by atoms with E-state index in [1.807, 2.05) is 6.92 Å². The van der Waals surface area contributed by atoms with Gasteiger partial charge in [0.1, 0.15) is 0 Å². The minimum Gasteiger partial charge on any atom is -0.501 e. The van der Waals surface area contributed by atoms with Gasteiger partial charge in [0.05, 0.1) is 38.3 Å². The normalized spacial score (nSPS) is 15.1. The average molecular weight is 291 g/mol. The van der Waals surface area contributed by atoms with E-state index >= 15 is 0 Å². The molecule has 0 fully saturated rings. The number of rotatable bonds is 4. The van der Waals surface area contributed by atoms with E-state index in [4.69, 9.17) is 14.2 Å². The quantitative estimate of drug-likeness (QED) is 0.627. The number of methoxy groups -OCH3 is 2. The molecule has 1 aliphatic rings. The second-order valence-electron chi connectivity index (χ2n) is 4.37. The number of imide groups is 1. The van der Waals surface area contributed by atoms with Gasteiger partial charge in [-0.15, -0.1) is 0 Å². The van der Waals surface area contributed by atoms with Gasteiger partial charge in [-0.3, -0.25) is 9.59 Å². The summed E-state index contributed by atoms with van der Waals surface area (Å²) in [7, 11) is 3.01. The second kappa shape index (κ2) is 5.87. The molecule has 0 atom stereocenters. The van der Waals surface area contributed by atoms with Gasteiger partial charge in [-0.1, -0.05) is 0 Å². The first-order chi connectivity index (χ1) is 10.0. The van der Waals surface area contributed by atoms with Crippen LogP contribution < -0.4 is 14.4 Å². The van der Waals surface area contributed by atoms with E-state index in [9.17, 15) is 9.59 Å². The van der Waals surface area contributed by atoms with Crippen molar-refractivity contribution >= 4 is 23.1 Å². The van der Waals surface area contributed by atoms with Crippen LogP contribution in [0.5, 0.6) is 11.5 Å². The summed E-state index contributed by atoms with van der Waals surface area (Å²) < 4.78 is 15.7. The van der Waals surface area contributed by atoms with Gasteiger partial charge in [-0.05, 0) is 13.0 Å². The Morgan fingerprint density at radius 2 is 1.86 bits per heavy atom. The zero-order chi connectivity index (χ0) is 15.6. The van der Waals surface area contributed by atoms with Crippen molar-refractivity contribution in [2.24, 2.45) is 0 Å². The van der Waals surface area contributed by atoms with Crippen molar-refractivity contribution in [2.45, 2.75) is 13.8 Å². The average Bonchev–Trinajstić information content (AvgIpc) is 2.74. The van der Waals surface area contributed by atoms with Crippen LogP contribution in [-0.4, -0.2) is 32.6 Å². The van der Waals surface area contributed by atoms with Crippen molar-refractivity contribution in [1.82, 2.24) is 0 Å². The predicted octanol–water partition coefficient (Wildman–Crippen LogP) is 1.97. The molecule has 0 bridgehead atoms. The van der Waals surface area contributed by atoms with Gasteiger partial charge < -0.3 is 14.2 Å². The number of nitrogens with zero attached hydrogens (tertiary/aromatic N) is 1. The number of amides is 2. The van der Waals surface area contributed by atoms with E-state index in [0.29, 0.717) is 34.9 Å². The third kappa shape index (κ3) is 2.44. The second-order valence-corrected chi connectivity index (χ2v) is 4.37. The lowest BCUT2D eigenvalue weighted by molar-refractivity contribution is -0.122. The molecule has 0 radical (unpaired) electrons. The largest absolute Gasteiger partial charge is 0.501 e. The Morgan fingerprint density at radius 1 is 1.24 bits per heavy atom. The van der Waals surface area contributed by atoms with Crippen LogP contribution in [0.15, 0.2) is 18.4 Å². The molecule has 0 aromatic heterocycles. The van der Waals surface area contributed by atoms with E-state index in [-0.39, 0.29) is 5.91 Å². The smallest absolute Gasteiger partial charge is 0.268 e. The molecule has 1 aromatic carbocycles. The van der Waals surface area contributed by atoms with Crippen LogP contribution in [-0.2, 0) is 14.3 Å². The summed E-state index contributed by atoms with van der Waals surface area (Å²) in [5.41, 5.74) is 1.38. The zero-order valence-electron chi connectivity index (χ0n) is 12.4. The third-order valence-corrected chi connectivity index (χ3v) is 3.15. The number of hydrogen-bond acceptors (Lipinski definition) is 5. The molecular formula is C15H17NO5. The maximum absolute atomic E-state index is 12.4. The van der Waals surface area contributed by atoms with Crippen molar-refractivity contribution in [3.8, 4) is 11.5 Å². The zero-order valence-corrected chi connectivity index (χ0v) is 12.4. The summed E-state index contributed by atoms with van der Waals surface area (Å²) in [4.78, 5) is 25.2. The fourth-order valence-electron chi connectivity index (χ4n) is 2.21. The molecule has 21 heavy (non-hydrogen) atoms. The van der Waals surface area contributed by atoms with Gasteiger partial charge in [0.15, 0.2) is 11.5 Å². The molecular weight excluding hydrogens is 274 g/mol. The molecule has 0 saturated heterocycles. The molecule has 0 aliphatic carbocycles. The number of carbonyl (C=O) groups is 2. The first-order valence-corrected chi connectivity index (χ1v) is 6.48. The molecule has 0 N–H and O–H groups in total. The minimum atomic E-state index is -0.416. The molecule has 1 aromatic rings. The van der Waals surface area contributed by atoms with Crippen LogP contribution in [0, 0.1) is 0 Å². The first kappa shape index (κ1) is 14.9. The number of hydrogen-bond donors (Lipinski definition) is 0. The fourth-order valence-corrected chi connectivity index (χ4v) is 2.21. The Bertz CT molecular complexity index is 621. The molecule has 1 heterocycles. The van der Waals surface area contributed by atoms with Crippen molar-refractivity contribution in [2.75, 3.05) is 25.7 Å². The number of benzene rings is 1. The van der Waals surface area contributed by atoms with E-state index in [1.165, 1.54) is 27.4 Å². The highest BCUT2D eigenvalue weighted by molar-refractivity contribution is 6.39. The first-order valence-electron chi connectivity index (χ1n) is 6.48. The molecule has 6 heteroatoms. The van der Waals surface area contributed by atoms with E-state index in [2.05, 4.69) is 0 Å². The maximum atomic E-state index is 12.4. The summed E-state index contributed by atoms with van der Waals surface area (Å²) >= 11 is 0. The summed E-state index contributed by atoms with van der Waals surface area (Å²) in [5.74, 6) is 0.152. The van der Waals surface area contributed by atoms with Crippen LogP contribution in [0.1, 0.15) is 19.4 Å². The summed E-state index contributed by atoms with van der Waals surface area (Å²) in [6.07, 6.45) is 1.37. The predicted molar refractivity (Wildman–Crippen MR) is 77.3 cm³/mol. The maximum Gasteiger partial charge on any atom is 0.268 e. The highest BCUT2D eigenvalue weighted by Gasteiger charge is 2.37. The number of carbonyl (C=O) groups excluding carboxylic acids is 2. The van der Waals surface area contributed by atoms with Crippen molar-refractivity contribution in [3.05, 3.63) is 24.0 Å². The van der Waals surface area contributed by atoms with Crippen molar-refractivity contribution in [1.29, 1.82) is 0 Å². The summed E-state index contributed by atoms with van der Waals surface area (Å²) in [6, 6.07) is 3.28. The Kier molecular flexibility index (Phi) is 4.16. The molecule has 2 rings (SSSR count). The third-order valence-electron chi connectivity index (χ3n) is 3.15. The standard InChI is InChI=1S/C15H17NO5/c1-5-21-8-11-10-6-13(19-3)14(20-4)7-12(10)16(9(2)17)15(11)18/h6-8H,5H2,1-4H3. The van der Waals surface area contributed by atoms with Crippen molar-refractivity contribution < 1.29 is 23.8 Å². The Morgan fingerprint density at radius 3 is 2.38 bits per heavy atom. The van der Waals surface area contributed by atoms with E-state index in [0.717, 1.165) is 4.90 Å². The summed E-state index contributed by atoms with van der Waals surface area (Å²) in [5, 5.41) is 0. The van der Waals surface area contributed by atoms with Gasteiger partial charge >= 0.3 is 0 Å². The van der Waals surface area contributed by atoms with E-state index in [1.54, 1.807) is 12.1 Å². The van der Waals surface area contributed by atoms with Gasteiger partial charge in [0.2, 0.25) is 5.91 Å². The van der Waals surface area contributed by atoms with Crippen LogP contribution in [0.25, 0.3) is 5.57 Å². The molecule has 112 valence electrons. The molecule has 0 saturated carbocycles. The topological polar surface area (TPSA) is 65.1 Å². The lowest BCUT2D eigenvalue weighted by atomic mass is 10.1. The van der Waals surface area contributed by atoms with Gasteiger partial charge in [-0.25, -0.2) is 4.90 Å². The summed E-state index contributed by atoms with van der Waals surface area (Å²) in [6.45, 7) is 3.58. The highest BCUT2D eigenvalue weighted by atomic mass is 16.5. The highest BCUT2D eigenvalue weighted by Crippen LogP contribution is 2.43. The van der Waals surface area contributed by atoms with Crippen LogP contribution in [0.2, 0.25) is 0 Å². The minimum absolute atomic E-state index is 0.322. The van der Waals surface area contributed by atoms with Gasteiger partial charge in [-0.2, -0.15) is 0 Å². The van der Waals surface area contributed by atoms with Gasteiger partial charge in [0.25, 0.3) is 5.91 Å². The molecule has 0 unspecified atom stereocenters. The van der Waals surface area contributed by atoms with Gasteiger partial charge in [0, 0.05) is 18.6 Å². The van der Waals surface area contributed by atoms with E-state index < -0.39 is 5.91 Å². The lowest BCUT2D eigenvalue weighted by Crippen LogP contribution is -2.31.